The molecule has 0 radical (unpaired) electrons. The SMILES string of the molecule is CC(C)CCC[C@@H](C)[C@H]1CC[C@H]2[C@@H]3CC=C4C[C@@H](C(CC(=O)O)C(=O)O)CC(CCBr)[C@]4(C)[C@H]3CC[C@]12C. The zero-order chi connectivity index (χ0) is 27.8. The first-order valence-electron chi connectivity index (χ1n) is 15.6. The van der Waals surface area contributed by atoms with Crippen LogP contribution in [0.5, 0.6) is 0 Å². The quantitative estimate of drug-likeness (QED) is 0.185. The van der Waals surface area contributed by atoms with Gasteiger partial charge in [-0.2, -0.15) is 0 Å². The minimum atomic E-state index is -0.999. The van der Waals surface area contributed by atoms with Crippen LogP contribution in [0, 0.1) is 64.1 Å². The second-order valence-corrected chi connectivity index (χ2v) is 15.4. The number of carboxylic acids is 2. The Hall–Kier alpha value is -0.840. The highest BCUT2D eigenvalue weighted by Gasteiger charge is 2.61. The molecule has 10 atom stereocenters. The summed E-state index contributed by atoms with van der Waals surface area (Å²) in [5, 5.41) is 20.3. The molecule has 3 saturated carbocycles. The largest absolute Gasteiger partial charge is 0.481 e. The molecule has 4 aliphatic carbocycles. The highest BCUT2D eigenvalue weighted by atomic mass is 79.9. The van der Waals surface area contributed by atoms with Gasteiger partial charge >= 0.3 is 11.9 Å². The first-order chi connectivity index (χ1) is 17.9. The second kappa shape index (κ2) is 12.0. The summed E-state index contributed by atoms with van der Waals surface area (Å²) in [5.41, 5.74) is 2.03. The molecule has 0 saturated heterocycles. The van der Waals surface area contributed by atoms with Gasteiger partial charge in [-0.25, -0.2) is 0 Å². The predicted molar refractivity (Wildman–Crippen MR) is 157 cm³/mol. The molecule has 2 N–H and O–H groups in total. The molecule has 4 aliphatic rings. The zero-order valence-corrected chi connectivity index (χ0v) is 26.1. The van der Waals surface area contributed by atoms with Crippen LogP contribution in [0.15, 0.2) is 11.6 Å². The maximum absolute atomic E-state index is 12.1. The van der Waals surface area contributed by atoms with E-state index in [0.717, 1.165) is 60.6 Å². The van der Waals surface area contributed by atoms with Crippen molar-refractivity contribution in [3.8, 4) is 0 Å². The van der Waals surface area contributed by atoms with Gasteiger partial charge in [0.2, 0.25) is 0 Å². The molecule has 38 heavy (non-hydrogen) atoms. The summed E-state index contributed by atoms with van der Waals surface area (Å²) in [6.07, 6.45) is 15.5. The van der Waals surface area contributed by atoms with Crippen LogP contribution in [0.3, 0.4) is 0 Å². The number of carboxylic acid groups (broad SMARTS) is 2. The monoisotopic (exact) mass is 592 g/mol. The Morgan fingerprint density at radius 2 is 1.82 bits per heavy atom. The van der Waals surface area contributed by atoms with Crippen LogP contribution in [-0.2, 0) is 9.59 Å². The molecular weight excluding hydrogens is 540 g/mol. The van der Waals surface area contributed by atoms with Gasteiger partial charge in [-0.3, -0.25) is 9.59 Å². The highest BCUT2D eigenvalue weighted by Crippen LogP contribution is 2.69. The van der Waals surface area contributed by atoms with Crippen LogP contribution < -0.4 is 0 Å². The summed E-state index contributed by atoms with van der Waals surface area (Å²) in [6, 6.07) is 0. The molecule has 0 aliphatic heterocycles. The minimum Gasteiger partial charge on any atom is -0.481 e. The van der Waals surface area contributed by atoms with Crippen molar-refractivity contribution < 1.29 is 19.8 Å². The average molecular weight is 594 g/mol. The highest BCUT2D eigenvalue weighted by molar-refractivity contribution is 9.09. The first-order valence-corrected chi connectivity index (χ1v) is 16.8. The predicted octanol–water partition coefficient (Wildman–Crippen LogP) is 8.83. The fourth-order valence-electron chi connectivity index (χ4n) is 10.5. The summed E-state index contributed by atoms with van der Waals surface area (Å²) < 4.78 is 0. The number of rotatable bonds is 11. The van der Waals surface area contributed by atoms with Gasteiger partial charge in [0.25, 0.3) is 0 Å². The number of allylic oxidation sites excluding steroid dienone is 2. The lowest BCUT2D eigenvalue weighted by Gasteiger charge is -2.61. The van der Waals surface area contributed by atoms with E-state index >= 15 is 0 Å². The molecule has 0 aromatic carbocycles. The van der Waals surface area contributed by atoms with E-state index in [-0.39, 0.29) is 17.8 Å². The molecule has 0 heterocycles. The molecule has 3 fully saturated rings. The molecule has 5 heteroatoms. The van der Waals surface area contributed by atoms with E-state index in [1.165, 1.54) is 50.5 Å². The summed E-state index contributed by atoms with van der Waals surface area (Å²) in [6.45, 7) is 12.4. The van der Waals surface area contributed by atoms with E-state index in [1.807, 2.05) is 0 Å². The Morgan fingerprint density at radius 1 is 1.08 bits per heavy atom. The van der Waals surface area contributed by atoms with Crippen LogP contribution in [0.2, 0.25) is 0 Å². The number of aliphatic carboxylic acids is 2. The lowest BCUT2D eigenvalue weighted by molar-refractivity contribution is -0.151. The Morgan fingerprint density at radius 3 is 2.45 bits per heavy atom. The van der Waals surface area contributed by atoms with Crippen molar-refractivity contribution in [2.45, 2.75) is 112 Å². The van der Waals surface area contributed by atoms with Crippen LogP contribution in [0.1, 0.15) is 112 Å². The number of alkyl halides is 1. The number of hydrogen-bond donors (Lipinski definition) is 2. The molecule has 0 bridgehead atoms. The standard InChI is InChI=1S/C33H53BrO4/c1-20(2)7-6-8-21(3)27-11-12-28-25-10-9-23-17-22(26(31(37)38)19-30(35)36)18-24(14-16-34)33(23,5)29(25)13-15-32(27,28)4/h9,20-22,24-29H,6-8,10-19H2,1-5H3,(H,35,36)(H,37,38)/t21-,22-,24?,25+,26?,27-,28+,29+,32-,33-/m1/s1. The molecule has 0 amide bonds. The van der Waals surface area contributed by atoms with Crippen molar-refractivity contribution in [2.75, 3.05) is 5.33 Å². The number of halogens is 1. The van der Waals surface area contributed by atoms with Gasteiger partial charge in [-0.05, 0) is 110 Å². The molecule has 4 rings (SSSR count). The summed E-state index contributed by atoms with van der Waals surface area (Å²) in [5.74, 6) is 2.25. The molecule has 216 valence electrons. The Bertz CT molecular complexity index is 897. The number of fused-ring (bicyclic) bond motifs is 5. The summed E-state index contributed by atoms with van der Waals surface area (Å²) >= 11 is 3.72. The Kier molecular flexibility index (Phi) is 9.47. The topological polar surface area (TPSA) is 74.6 Å². The third-order valence-corrected chi connectivity index (χ3v) is 12.9. The smallest absolute Gasteiger partial charge is 0.307 e. The van der Waals surface area contributed by atoms with Crippen LogP contribution in [0.25, 0.3) is 0 Å². The Balaban J connectivity index is 1.57. The maximum atomic E-state index is 12.1. The molecular formula is C33H53BrO4. The van der Waals surface area contributed by atoms with E-state index in [2.05, 4.69) is 56.6 Å². The summed E-state index contributed by atoms with van der Waals surface area (Å²) in [4.78, 5) is 23.6. The van der Waals surface area contributed by atoms with Crippen molar-refractivity contribution in [3.05, 3.63) is 11.6 Å². The van der Waals surface area contributed by atoms with Crippen molar-refractivity contribution in [1.29, 1.82) is 0 Å². The normalized spacial score (nSPS) is 40.0. The van der Waals surface area contributed by atoms with Crippen molar-refractivity contribution in [1.82, 2.24) is 0 Å². The van der Waals surface area contributed by atoms with E-state index in [4.69, 9.17) is 0 Å². The van der Waals surface area contributed by atoms with Crippen LogP contribution >= 0.6 is 15.9 Å². The van der Waals surface area contributed by atoms with Gasteiger partial charge in [0.15, 0.2) is 0 Å². The third kappa shape index (κ3) is 5.53. The van der Waals surface area contributed by atoms with Gasteiger partial charge in [0, 0.05) is 5.33 Å². The molecule has 0 aromatic heterocycles. The lowest BCUT2D eigenvalue weighted by Crippen LogP contribution is -2.54. The summed E-state index contributed by atoms with van der Waals surface area (Å²) in [7, 11) is 0. The zero-order valence-electron chi connectivity index (χ0n) is 24.6. The van der Waals surface area contributed by atoms with Gasteiger partial charge in [0.1, 0.15) is 0 Å². The van der Waals surface area contributed by atoms with Gasteiger partial charge in [-0.1, -0.05) is 81.5 Å². The molecule has 4 nitrogen and oxygen atoms in total. The van der Waals surface area contributed by atoms with E-state index in [9.17, 15) is 19.8 Å². The van der Waals surface area contributed by atoms with Gasteiger partial charge in [0.05, 0.1) is 12.3 Å². The molecule has 0 aromatic rings. The Labute approximate surface area is 239 Å². The average Bonchev–Trinajstić information content (AvgIpc) is 3.20. The van der Waals surface area contributed by atoms with Crippen molar-refractivity contribution >= 4 is 27.9 Å². The third-order valence-electron chi connectivity index (χ3n) is 12.4. The van der Waals surface area contributed by atoms with E-state index < -0.39 is 17.9 Å². The molecule has 0 spiro atoms. The number of carbonyl (C=O) groups is 2. The fraction of sp³-hybridized carbons (Fsp3) is 0.879. The van der Waals surface area contributed by atoms with Gasteiger partial charge < -0.3 is 10.2 Å². The maximum Gasteiger partial charge on any atom is 0.307 e. The van der Waals surface area contributed by atoms with Gasteiger partial charge in [-0.15, -0.1) is 0 Å². The van der Waals surface area contributed by atoms with Crippen LogP contribution in [0.4, 0.5) is 0 Å². The molecule has 2 unspecified atom stereocenters. The van der Waals surface area contributed by atoms with Crippen molar-refractivity contribution in [3.63, 3.8) is 0 Å². The van der Waals surface area contributed by atoms with Crippen LogP contribution in [-0.4, -0.2) is 27.5 Å². The number of hydrogen-bond acceptors (Lipinski definition) is 2. The fourth-order valence-corrected chi connectivity index (χ4v) is 11.0. The van der Waals surface area contributed by atoms with E-state index in [1.54, 1.807) is 0 Å². The lowest BCUT2D eigenvalue weighted by atomic mass is 9.43. The first kappa shape index (κ1) is 30.1. The second-order valence-electron chi connectivity index (χ2n) is 14.6. The minimum absolute atomic E-state index is 0.0834. The van der Waals surface area contributed by atoms with Crippen molar-refractivity contribution in [2.24, 2.45) is 64.1 Å². The van der Waals surface area contributed by atoms with E-state index in [0.29, 0.717) is 17.3 Å².